The average molecular weight is 202 g/mol. The Morgan fingerprint density at radius 2 is 1.60 bits per heavy atom. The van der Waals surface area contributed by atoms with Gasteiger partial charge < -0.3 is 0 Å². The Labute approximate surface area is 94.0 Å². The van der Waals surface area contributed by atoms with Gasteiger partial charge in [0, 0.05) is 0 Å². The van der Waals surface area contributed by atoms with E-state index in [4.69, 9.17) is 0 Å². The fraction of sp³-hybridized carbons (Fsp3) is 0.467. The van der Waals surface area contributed by atoms with Crippen LogP contribution in [0.15, 0.2) is 35.9 Å². The van der Waals surface area contributed by atoms with Gasteiger partial charge in [-0.1, -0.05) is 49.8 Å². The number of hydrogen-bond donors (Lipinski definition) is 0. The minimum atomic E-state index is 0.744. The molecule has 0 aliphatic heterocycles. The van der Waals surface area contributed by atoms with Gasteiger partial charge in [0.05, 0.1) is 0 Å². The van der Waals surface area contributed by atoms with Crippen molar-refractivity contribution < 1.29 is 0 Å². The quantitative estimate of drug-likeness (QED) is 0.635. The summed E-state index contributed by atoms with van der Waals surface area (Å²) in [7, 11) is 0. The van der Waals surface area contributed by atoms with Gasteiger partial charge in [0.1, 0.15) is 0 Å². The molecule has 0 saturated carbocycles. The van der Waals surface area contributed by atoms with E-state index < -0.39 is 0 Å². The first-order valence-electron chi connectivity index (χ1n) is 5.79. The lowest BCUT2D eigenvalue weighted by Crippen LogP contribution is -1.94. The third kappa shape index (κ3) is 4.83. The Hall–Kier alpha value is -1.04. The van der Waals surface area contributed by atoms with Crippen LogP contribution in [-0.4, -0.2) is 0 Å². The summed E-state index contributed by atoms with van der Waals surface area (Å²) in [6, 6.07) is 9.01. The summed E-state index contributed by atoms with van der Waals surface area (Å²) in [5.41, 5.74) is 4.25. The van der Waals surface area contributed by atoms with Gasteiger partial charge in [-0.05, 0) is 43.7 Å². The highest BCUT2D eigenvalue weighted by Gasteiger charge is 1.97. The molecule has 0 saturated heterocycles. The van der Waals surface area contributed by atoms with Crippen LogP contribution >= 0.6 is 0 Å². The molecule has 0 fully saturated rings. The second-order valence-corrected chi connectivity index (χ2v) is 4.90. The maximum absolute atomic E-state index is 2.28. The number of allylic oxidation sites excluding steroid dienone is 2. The van der Waals surface area contributed by atoms with E-state index in [1.54, 1.807) is 0 Å². The van der Waals surface area contributed by atoms with E-state index >= 15 is 0 Å². The minimum absolute atomic E-state index is 0.744. The molecule has 0 heteroatoms. The van der Waals surface area contributed by atoms with Crippen LogP contribution in [0.2, 0.25) is 0 Å². The van der Waals surface area contributed by atoms with Gasteiger partial charge in [0.2, 0.25) is 0 Å². The fourth-order valence-corrected chi connectivity index (χ4v) is 1.60. The normalized spacial score (nSPS) is 10.5. The van der Waals surface area contributed by atoms with Crippen molar-refractivity contribution in [2.45, 2.75) is 40.5 Å². The summed E-state index contributed by atoms with van der Waals surface area (Å²) in [6.07, 6.45) is 4.52. The summed E-state index contributed by atoms with van der Waals surface area (Å²) in [5, 5.41) is 0. The van der Waals surface area contributed by atoms with Crippen LogP contribution < -0.4 is 0 Å². The van der Waals surface area contributed by atoms with Crippen molar-refractivity contribution in [3.63, 3.8) is 0 Å². The summed E-state index contributed by atoms with van der Waals surface area (Å²) in [5.74, 6) is 0.744. The second kappa shape index (κ2) is 5.75. The Morgan fingerprint density at radius 3 is 2.07 bits per heavy atom. The number of rotatable bonds is 4. The fourth-order valence-electron chi connectivity index (χ4n) is 1.60. The molecule has 0 radical (unpaired) electrons. The highest BCUT2D eigenvalue weighted by Crippen LogP contribution is 2.10. The topological polar surface area (TPSA) is 0 Å². The van der Waals surface area contributed by atoms with E-state index in [9.17, 15) is 0 Å². The molecule has 1 aromatic rings. The average Bonchev–Trinajstić information content (AvgIpc) is 2.16. The Balaban J connectivity index is 2.60. The van der Waals surface area contributed by atoms with Crippen LogP contribution in [0.25, 0.3) is 0 Å². The van der Waals surface area contributed by atoms with Crippen molar-refractivity contribution in [3.05, 3.63) is 47.0 Å². The van der Waals surface area contributed by atoms with Crippen LogP contribution in [0.1, 0.15) is 38.8 Å². The maximum atomic E-state index is 2.28. The molecule has 0 aliphatic carbocycles. The highest BCUT2D eigenvalue weighted by molar-refractivity contribution is 5.24. The van der Waals surface area contributed by atoms with Crippen LogP contribution in [0, 0.1) is 5.92 Å². The van der Waals surface area contributed by atoms with E-state index in [0.29, 0.717) is 0 Å². The molecule has 1 aromatic carbocycles. The molecule has 82 valence electrons. The molecule has 15 heavy (non-hydrogen) atoms. The number of hydrogen-bond acceptors (Lipinski definition) is 0. The van der Waals surface area contributed by atoms with Gasteiger partial charge >= 0.3 is 0 Å². The van der Waals surface area contributed by atoms with E-state index in [1.807, 2.05) is 0 Å². The molecule has 0 unspecified atom stereocenters. The molecule has 0 nitrogen and oxygen atoms in total. The maximum Gasteiger partial charge on any atom is -0.00950 e. The van der Waals surface area contributed by atoms with Gasteiger partial charge in [-0.2, -0.15) is 0 Å². The predicted octanol–water partition coefficient (Wildman–Crippen LogP) is 4.39. The van der Waals surface area contributed by atoms with E-state index in [0.717, 1.165) is 12.3 Å². The summed E-state index contributed by atoms with van der Waals surface area (Å²) in [4.78, 5) is 0. The van der Waals surface area contributed by atoms with Crippen LogP contribution in [-0.2, 0) is 12.8 Å². The van der Waals surface area contributed by atoms with Crippen molar-refractivity contribution in [2.75, 3.05) is 0 Å². The summed E-state index contributed by atoms with van der Waals surface area (Å²) in [6.45, 7) is 8.81. The lowest BCUT2D eigenvalue weighted by molar-refractivity contribution is 0.647. The molecule has 0 spiro atoms. The zero-order valence-corrected chi connectivity index (χ0v) is 10.4. The van der Waals surface area contributed by atoms with Crippen molar-refractivity contribution in [2.24, 2.45) is 5.92 Å². The first kappa shape index (κ1) is 12.0. The smallest absolute Gasteiger partial charge is 0.00950 e. The lowest BCUT2D eigenvalue weighted by atomic mass is 10.0. The Morgan fingerprint density at radius 1 is 1.07 bits per heavy atom. The van der Waals surface area contributed by atoms with E-state index in [1.165, 1.54) is 23.1 Å². The van der Waals surface area contributed by atoms with Gasteiger partial charge in [-0.15, -0.1) is 0 Å². The van der Waals surface area contributed by atoms with Crippen LogP contribution in [0.5, 0.6) is 0 Å². The molecule has 0 aliphatic rings. The summed E-state index contributed by atoms with van der Waals surface area (Å²) < 4.78 is 0. The largest absolute Gasteiger partial charge is 0.0815 e. The first-order chi connectivity index (χ1) is 7.08. The first-order valence-corrected chi connectivity index (χ1v) is 5.79. The lowest BCUT2D eigenvalue weighted by Gasteiger charge is -2.05. The zero-order chi connectivity index (χ0) is 11.3. The zero-order valence-electron chi connectivity index (χ0n) is 10.4. The van der Waals surface area contributed by atoms with Crippen molar-refractivity contribution >= 4 is 0 Å². The molecule has 1 rings (SSSR count). The molecule has 0 bridgehead atoms. The van der Waals surface area contributed by atoms with E-state index in [-0.39, 0.29) is 0 Å². The Bertz CT molecular complexity index is 310. The standard InChI is InChI=1S/C15H22/c1-12(2)5-6-14-7-9-15(10-8-14)11-13(3)4/h5,7-10,13H,6,11H2,1-4H3. The molecule has 0 heterocycles. The molecule has 0 atom stereocenters. The molecular weight excluding hydrogens is 180 g/mol. The van der Waals surface area contributed by atoms with Crippen LogP contribution in [0.3, 0.4) is 0 Å². The van der Waals surface area contributed by atoms with Gasteiger partial charge in [0.15, 0.2) is 0 Å². The molecule has 0 amide bonds. The predicted molar refractivity (Wildman–Crippen MR) is 68.1 cm³/mol. The van der Waals surface area contributed by atoms with Gasteiger partial charge in [0.25, 0.3) is 0 Å². The van der Waals surface area contributed by atoms with E-state index in [2.05, 4.69) is 58.0 Å². The number of benzene rings is 1. The van der Waals surface area contributed by atoms with Crippen molar-refractivity contribution in [1.82, 2.24) is 0 Å². The van der Waals surface area contributed by atoms with Crippen LogP contribution in [0.4, 0.5) is 0 Å². The van der Waals surface area contributed by atoms with Crippen molar-refractivity contribution in [3.8, 4) is 0 Å². The third-order valence-corrected chi connectivity index (χ3v) is 2.41. The second-order valence-electron chi connectivity index (χ2n) is 4.90. The Kier molecular flexibility index (Phi) is 4.61. The molecule has 0 N–H and O–H groups in total. The third-order valence-electron chi connectivity index (χ3n) is 2.41. The molecule has 0 aromatic heterocycles. The minimum Gasteiger partial charge on any atom is -0.0815 e. The monoisotopic (exact) mass is 202 g/mol. The highest BCUT2D eigenvalue weighted by atomic mass is 14.0. The van der Waals surface area contributed by atoms with Crippen molar-refractivity contribution in [1.29, 1.82) is 0 Å². The van der Waals surface area contributed by atoms with Gasteiger partial charge in [-0.3, -0.25) is 0 Å². The SMILES string of the molecule is CC(C)=CCc1ccc(CC(C)C)cc1. The van der Waals surface area contributed by atoms with Gasteiger partial charge in [-0.25, -0.2) is 0 Å². The summed E-state index contributed by atoms with van der Waals surface area (Å²) >= 11 is 0. The molecular formula is C15H22.